The standard InChI is InChI=1S/C20H31BO2Si/c1-8-9-13-17(21-22-19(2,3)20(4,5)23-21)16-24(6,7)18-14-11-10-12-15-18/h8,10-12,14-16H,1,9,13H2,2-7H3/b17-16-. The second-order valence-corrected chi connectivity index (χ2v) is 12.5. The summed E-state index contributed by atoms with van der Waals surface area (Å²) in [6.07, 6.45) is 3.84. The third-order valence-electron chi connectivity index (χ3n) is 5.26. The molecule has 4 heteroatoms. The quantitative estimate of drug-likeness (QED) is 0.553. The molecule has 2 nitrogen and oxygen atoms in total. The first-order chi connectivity index (χ1) is 11.1. The van der Waals surface area contributed by atoms with E-state index in [1.54, 1.807) is 0 Å². The van der Waals surface area contributed by atoms with Crippen LogP contribution in [0.1, 0.15) is 40.5 Å². The van der Waals surface area contributed by atoms with Crippen molar-refractivity contribution in [2.45, 2.75) is 64.8 Å². The highest BCUT2D eigenvalue weighted by Crippen LogP contribution is 2.39. The lowest BCUT2D eigenvalue weighted by molar-refractivity contribution is 0.00578. The van der Waals surface area contributed by atoms with Gasteiger partial charge in [-0.25, -0.2) is 0 Å². The van der Waals surface area contributed by atoms with Crippen molar-refractivity contribution in [1.82, 2.24) is 0 Å². The van der Waals surface area contributed by atoms with Crippen molar-refractivity contribution in [3.05, 3.63) is 54.2 Å². The van der Waals surface area contributed by atoms with Gasteiger partial charge in [0, 0.05) is 0 Å². The molecule has 0 amide bonds. The van der Waals surface area contributed by atoms with Gasteiger partial charge in [0.05, 0.1) is 11.2 Å². The molecule has 0 aromatic heterocycles. The fourth-order valence-electron chi connectivity index (χ4n) is 2.94. The van der Waals surface area contributed by atoms with Gasteiger partial charge in [-0.05, 0) is 46.0 Å². The minimum Gasteiger partial charge on any atom is -0.400 e. The number of hydrogen-bond donors (Lipinski definition) is 0. The van der Waals surface area contributed by atoms with Crippen LogP contribution in [0.3, 0.4) is 0 Å². The average molecular weight is 342 g/mol. The summed E-state index contributed by atoms with van der Waals surface area (Å²) in [7, 11) is -1.97. The Hall–Kier alpha value is -1.10. The van der Waals surface area contributed by atoms with Crippen LogP contribution in [0.5, 0.6) is 0 Å². The summed E-state index contributed by atoms with van der Waals surface area (Å²) >= 11 is 0. The van der Waals surface area contributed by atoms with E-state index in [4.69, 9.17) is 9.31 Å². The topological polar surface area (TPSA) is 18.5 Å². The molecule has 0 saturated carbocycles. The highest BCUT2D eigenvalue weighted by atomic mass is 28.3. The summed E-state index contributed by atoms with van der Waals surface area (Å²) < 4.78 is 12.6. The second-order valence-electron chi connectivity index (χ2n) is 8.22. The molecule has 0 bridgehead atoms. The van der Waals surface area contributed by atoms with Crippen molar-refractivity contribution in [1.29, 1.82) is 0 Å². The van der Waals surface area contributed by atoms with E-state index in [0.717, 1.165) is 12.8 Å². The summed E-state index contributed by atoms with van der Waals surface area (Å²) in [5.41, 5.74) is 3.11. The van der Waals surface area contributed by atoms with Gasteiger partial charge in [0.2, 0.25) is 0 Å². The van der Waals surface area contributed by atoms with Crippen molar-refractivity contribution in [2.75, 3.05) is 0 Å². The van der Waals surface area contributed by atoms with Gasteiger partial charge >= 0.3 is 7.12 Å². The molecule has 0 radical (unpaired) electrons. The molecule has 0 N–H and O–H groups in total. The van der Waals surface area contributed by atoms with Gasteiger partial charge in [-0.1, -0.05) is 60.4 Å². The van der Waals surface area contributed by atoms with Crippen LogP contribution in [-0.4, -0.2) is 26.4 Å². The predicted octanol–water partition coefficient (Wildman–Crippen LogP) is 4.67. The molecule has 1 aromatic rings. The lowest BCUT2D eigenvalue weighted by atomic mass is 9.77. The fourth-order valence-corrected chi connectivity index (χ4v) is 5.36. The van der Waals surface area contributed by atoms with Crippen molar-refractivity contribution in [2.24, 2.45) is 0 Å². The minimum absolute atomic E-state index is 0.259. The fraction of sp³-hybridized carbons (Fsp3) is 0.500. The van der Waals surface area contributed by atoms with Gasteiger partial charge in [-0.15, -0.1) is 6.58 Å². The summed E-state index contributed by atoms with van der Waals surface area (Å²) in [4.78, 5) is 0. The molecule has 24 heavy (non-hydrogen) atoms. The average Bonchev–Trinajstić information content (AvgIpc) is 2.72. The number of allylic oxidation sites excluding steroid dienone is 2. The van der Waals surface area contributed by atoms with Gasteiger partial charge in [0.1, 0.15) is 8.07 Å². The van der Waals surface area contributed by atoms with Crippen molar-refractivity contribution >= 4 is 20.4 Å². The van der Waals surface area contributed by atoms with Crippen molar-refractivity contribution in [3.8, 4) is 0 Å². The zero-order valence-electron chi connectivity index (χ0n) is 16.1. The Morgan fingerprint density at radius 3 is 2.12 bits per heavy atom. The molecular weight excluding hydrogens is 311 g/mol. The van der Waals surface area contributed by atoms with Crippen LogP contribution in [0.15, 0.2) is 54.2 Å². The largest absolute Gasteiger partial charge is 0.489 e. The van der Waals surface area contributed by atoms with Gasteiger partial charge in [0.15, 0.2) is 0 Å². The van der Waals surface area contributed by atoms with Crippen LogP contribution < -0.4 is 5.19 Å². The second kappa shape index (κ2) is 7.03. The van der Waals surface area contributed by atoms with Gasteiger partial charge in [-0.2, -0.15) is 0 Å². The Bertz CT molecular complexity index is 589. The lowest BCUT2D eigenvalue weighted by Gasteiger charge is -2.32. The van der Waals surface area contributed by atoms with E-state index in [2.05, 4.69) is 83.4 Å². The highest BCUT2D eigenvalue weighted by molar-refractivity contribution is 6.94. The van der Waals surface area contributed by atoms with Crippen LogP contribution in [-0.2, 0) is 9.31 Å². The van der Waals surface area contributed by atoms with E-state index in [0.29, 0.717) is 0 Å². The summed E-state index contributed by atoms with van der Waals surface area (Å²) in [5.74, 6) is 0. The van der Waals surface area contributed by atoms with Crippen LogP contribution in [0.25, 0.3) is 0 Å². The molecule has 0 atom stereocenters. The molecule has 1 aliphatic rings. The molecule has 1 aromatic carbocycles. The molecule has 1 heterocycles. The molecule has 1 saturated heterocycles. The van der Waals surface area contributed by atoms with Crippen LogP contribution in [0.4, 0.5) is 0 Å². The first-order valence-electron chi connectivity index (χ1n) is 8.83. The van der Waals surface area contributed by atoms with Gasteiger partial charge in [-0.3, -0.25) is 0 Å². The predicted molar refractivity (Wildman–Crippen MR) is 107 cm³/mol. The number of benzene rings is 1. The molecule has 0 aliphatic carbocycles. The number of hydrogen-bond acceptors (Lipinski definition) is 2. The monoisotopic (exact) mass is 342 g/mol. The first kappa shape index (κ1) is 19.2. The first-order valence-corrected chi connectivity index (χ1v) is 11.9. The van der Waals surface area contributed by atoms with E-state index in [9.17, 15) is 0 Å². The molecule has 2 rings (SSSR count). The third-order valence-corrected chi connectivity index (χ3v) is 8.17. The van der Waals surface area contributed by atoms with Crippen LogP contribution in [0, 0.1) is 0 Å². The smallest absolute Gasteiger partial charge is 0.400 e. The Labute approximate surface area is 149 Å². The molecule has 130 valence electrons. The summed E-state index contributed by atoms with van der Waals surface area (Å²) in [6, 6.07) is 10.8. The van der Waals surface area contributed by atoms with E-state index < -0.39 is 8.07 Å². The van der Waals surface area contributed by atoms with E-state index in [1.165, 1.54) is 10.7 Å². The molecule has 0 unspecified atom stereocenters. The maximum atomic E-state index is 6.30. The van der Waals surface area contributed by atoms with E-state index in [1.807, 2.05) is 6.08 Å². The molecule has 1 fully saturated rings. The summed E-state index contributed by atoms with van der Waals surface area (Å²) in [5, 5.41) is 1.43. The van der Waals surface area contributed by atoms with Gasteiger partial charge < -0.3 is 9.31 Å². The minimum atomic E-state index is -1.71. The molecular formula is C20H31BO2Si. The van der Waals surface area contributed by atoms with Crippen molar-refractivity contribution < 1.29 is 9.31 Å². The van der Waals surface area contributed by atoms with E-state index >= 15 is 0 Å². The zero-order chi connectivity index (χ0) is 18.0. The Morgan fingerprint density at radius 2 is 1.62 bits per heavy atom. The molecule has 1 aliphatic heterocycles. The summed E-state index contributed by atoms with van der Waals surface area (Å²) in [6.45, 7) is 17.1. The van der Waals surface area contributed by atoms with E-state index in [-0.39, 0.29) is 18.3 Å². The SMILES string of the molecule is C=CCC/C(=C/[Si](C)(C)c1ccccc1)B1OC(C)(C)C(C)(C)O1. The Kier molecular flexibility index (Phi) is 5.63. The Balaban J connectivity index is 2.34. The molecule has 0 spiro atoms. The number of rotatable bonds is 6. The normalized spacial score (nSPS) is 20.2. The van der Waals surface area contributed by atoms with Crippen LogP contribution in [0.2, 0.25) is 13.1 Å². The van der Waals surface area contributed by atoms with Crippen molar-refractivity contribution in [3.63, 3.8) is 0 Å². The van der Waals surface area contributed by atoms with Crippen LogP contribution >= 0.6 is 0 Å². The van der Waals surface area contributed by atoms with Gasteiger partial charge in [0.25, 0.3) is 0 Å². The lowest BCUT2D eigenvalue weighted by Crippen LogP contribution is -2.41. The zero-order valence-corrected chi connectivity index (χ0v) is 17.1. The maximum absolute atomic E-state index is 6.30. The maximum Gasteiger partial charge on any atom is 0.489 e. The Morgan fingerprint density at radius 1 is 1.08 bits per heavy atom. The highest BCUT2D eigenvalue weighted by Gasteiger charge is 2.52. The third kappa shape index (κ3) is 4.11.